The first-order valence-electron chi connectivity index (χ1n) is 12.6. The van der Waals surface area contributed by atoms with Crippen LogP contribution in [-0.4, -0.2) is 35.8 Å². The molecule has 1 amide bonds. The molecule has 196 valence electrons. The predicted molar refractivity (Wildman–Crippen MR) is 153 cm³/mol. The van der Waals surface area contributed by atoms with Crippen molar-refractivity contribution in [3.8, 4) is 34.0 Å². The number of nitrogens with zero attached hydrogens (tertiary/aromatic N) is 3. The molecule has 0 bridgehead atoms. The van der Waals surface area contributed by atoms with Gasteiger partial charge in [0.15, 0.2) is 0 Å². The van der Waals surface area contributed by atoms with E-state index in [1.165, 1.54) is 6.92 Å². The Bertz CT molecular complexity index is 1470. The van der Waals surface area contributed by atoms with Crippen LogP contribution in [0.25, 0.3) is 28.1 Å². The van der Waals surface area contributed by atoms with Gasteiger partial charge in [-0.25, -0.2) is 0 Å². The van der Waals surface area contributed by atoms with Gasteiger partial charge in [0.2, 0.25) is 11.8 Å². The van der Waals surface area contributed by atoms with Gasteiger partial charge < -0.3 is 15.0 Å². The van der Waals surface area contributed by atoms with Gasteiger partial charge in [0, 0.05) is 43.9 Å². The van der Waals surface area contributed by atoms with E-state index in [1.54, 1.807) is 4.68 Å². The number of aromatic nitrogens is 2. The fraction of sp³-hybridized carbons (Fsp3) is 0.258. The Hall–Kier alpha value is -4.39. The summed E-state index contributed by atoms with van der Waals surface area (Å²) < 4.78 is 7.57. The zero-order valence-corrected chi connectivity index (χ0v) is 23.0. The SMILES string of the molecule is CC(=O)Oc1c(-c2ccc(NC(=O)C(C)C)cc2)c(-c2ccc(N(C)C)cc2)nn1-c1cccc(C)c1C. The van der Waals surface area contributed by atoms with Crippen LogP contribution in [0.2, 0.25) is 0 Å². The number of rotatable bonds is 7. The van der Waals surface area contributed by atoms with E-state index in [4.69, 9.17) is 9.84 Å². The predicted octanol–water partition coefficient (Wildman–Crippen LogP) is 6.41. The van der Waals surface area contributed by atoms with Gasteiger partial charge in [0.1, 0.15) is 5.69 Å². The molecule has 38 heavy (non-hydrogen) atoms. The van der Waals surface area contributed by atoms with Gasteiger partial charge in [-0.15, -0.1) is 0 Å². The van der Waals surface area contributed by atoms with E-state index in [9.17, 15) is 9.59 Å². The summed E-state index contributed by atoms with van der Waals surface area (Å²) in [7, 11) is 3.99. The van der Waals surface area contributed by atoms with Crippen molar-refractivity contribution in [2.24, 2.45) is 5.92 Å². The number of benzene rings is 3. The number of nitrogens with one attached hydrogen (secondary N) is 1. The third-order valence-corrected chi connectivity index (χ3v) is 6.51. The second-order valence-electron chi connectivity index (χ2n) is 9.92. The summed E-state index contributed by atoms with van der Waals surface area (Å²) >= 11 is 0. The van der Waals surface area contributed by atoms with Crippen molar-refractivity contribution in [2.45, 2.75) is 34.6 Å². The lowest BCUT2D eigenvalue weighted by atomic mass is 10.0. The monoisotopic (exact) mass is 510 g/mol. The van der Waals surface area contributed by atoms with E-state index < -0.39 is 5.97 Å². The van der Waals surface area contributed by atoms with Gasteiger partial charge in [-0.2, -0.15) is 9.78 Å². The molecule has 0 atom stereocenters. The molecule has 0 radical (unpaired) electrons. The van der Waals surface area contributed by atoms with Crippen LogP contribution in [-0.2, 0) is 9.59 Å². The summed E-state index contributed by atoms with van der Waals surface area (Å²) in [4.78, 5) is 26.5. The molecule has 0 saturated heterocycles. The van der Waals surface area contributed by atoms with Crippen LogP contribution in [0.1, 0.15) is 31.9 Å². The number of esters is 1. The molecular weight excluding hydrogens is 476 g/mol. The van der Waals surface area contributed by atoms with Crippen molar-refractivity contribution < 1.29 is 14.3 Å². The Balaban J connectivity index is 1.95. The first kappa shape index (κ1) is 26.7. The van der Waals surface area contributed by atoms with Crippen molar-refractivity contribution in [2.75, 3.05) is 24.3 Å². The Labute approximate surface area is 224 Å². The van der Waals surface area contributed by atoms with Gasteiger partial charge in [0.05, 0.1) is 11.3 Å². The van der Waals surface area contributed by atoms with Crippen molar-refractivity contribution in [1.29, 1.82) is 0 Å². The number of ether oxygens (including phenoxy) is 1. The number of hydrogen-bond donors (Lipinski definition) is 1. The molecule has 0 spiro atoms. The molecule has 1 heterocycles. The van der Waals surface area contributed by atoms with Crippen LogP contribution >= 0.6 is 0 Å². The summed E-state index contributed by atoms with van der Waals surface area (Å²) in [6.45, 7) is 9.16. The van der Waals surface area contributed by atoms with Gasteiger partial charge in [0.25, 0.3) is 0 Å². The fourth-order valence-electron chi connectivity index (χ4n) is 4.15. The average Bonchev–Trinajstić information content (AvgIpc) is 3.24. The second kappa shape index (κ2) is 10.9. The summed E-state index contributed by atoms with van der Waals surface area (Å²) in [6, 6.07) is 21.6. The van der Waals surface area contributed by atoms with Crippen LogP contribution in [0.3, 0.4) is 0 Å². The van der Waals surface area contributed by atoms with E-state index in [0.717, 1.165) is 33.6 Å². The third kappa shape index (κ3) is 5.47. The van der Waals surface area contributed by atoms with Crippen LogP contribution in [0.15, 0.2) is 66.7 Å². The molecular formula is C31H34N4O3. The van der Waals surface area contributed by atoms with E-state index in [0.29, 0.717) is 22.8 Å². The number of amides is 1. The Kier molecular flexibility index (Phi) is 7.67. The Morgan fingerprint density at radius 1 is 0.921 bits per heavy atom. The highest BCUT2D eigenvalue weighted by atomic mass is 16.5. The maximum absolute atomic E-state index is 12.3. The van der Waals surface area contributed by atoms with Crippen molar-refractivity contribution in [1.82, 2.24) is 9.78 Å². The lowest BCUT2D eigenvalue weighted by molar-refractivity contribution is -0.132. The van der Waals surface area contributed by atoms with Gasteiger partial charge in [-0.3, -0.25) is 9.59 Å². The van der Waals surface area contributed by atoms with Crippen LogP contribution in [0.5, 0.6) is 5.88 Å². The lowest BCUT2D eigenvalue weighted by Crippen LogP contribution is -2.17. The van der Waals surface area contributed by atoms with E-state index >= 15 is 0 Å². The number of carbonyl (C=O) groups excluding carboxylic acids is 2. The molecule has 7 heteroatoms. The van der Waals surface area contributed by atoms with Crippen molar-refractivity contribution in [3.05, 3.63) is 77.9 Å². The molecule has 0 unspecified atom stereocenters. The zero-order valence-electron chi connectivity index (χ0n) is 23.0. The normalized spacial score (nSPS) is 10.9. The molecule has 0 aliphatic heterocycles. The lowest BCUT2D eigenvalue weighted by Gasteiger charge is -2.13. The third-order valence-electron chi connectivity index (χ3n) is 6.51. The summed E-state index contributed by atoms with van der Waals surface area (Å²) in [5.74, 6) is -0.273. The fourth-order valence-corrected chi connectivity index (χ4v) is 4.15. The minimum absolute atomic E-state index is 0.0530. The Morgan fingerprint density at radius 2 is 1.55 bits per heavy atom. The molecule has 3 aromatic carbocycles. The molecule has 7 nitrogen and oxygen atoms in total. The Morgan fingerprint density at radius 3 is 2.13 bits per heavy atom. The largest absolute Gasteiger partial charge is 0.407 e. The molecule has 4 aromatic rings. The molecule has 0 aliphatic carbocycles. The number of anilines is 2. The second-order valence-corrected chi connectivity index (χ2v) is 9.92. The highest BCUT2D eigenvalue weighted by Gasteiger charge is 2.25. The summed E-state index contributed by atoms with van der Waals surface area (Å²) in [5.41, 5.74) is 7.82. The quantitative estimate of drug-likeness (QED) is 0.291. The highest BCUT2D eigenvalue weighted by molar-refractivity contribution is 5.93. The summed E-state index contributed by atoms with van der Waals surface area (Å²) in [5, 5.41) is 7.93. The first-order valence-corrected chi connectivity index (χ1v) is 12.6. The zero-order chi connectivity index (χ0) is 27.6. The molecule has 1 aromatic heterocycles. The number of hydrogen-bond acceptors (Lipinski definition) is 5. The van der Waals surface area contributed by atoms with Gasteiger partial charge in [-0.05, 0) is 60.9 Å². The smallest absolute Gasteiger partial charge is 0.309 e. The maximum atomic E-state index is 12.3. The standard InChI is InChI=1S/C31H34N4O3/c1-19(2)30(37)32-25-15-11-23(12-16-25)28-29(24-13-17-26(18-14-24)34(6)7)33-35(31(28)38-22(5)36)27-10-8-9-20(3)21(27)4/h8-19H,1-7H3,(H,32,37). The van der Waals surface area contributed by atoms with Crippen molar-refractivity contribution in [3.63, 3.8) is 0 Å². The van der Waals surface area contributed by atoms with E-state index in [2.05, 4.69) is 5.32 Å². The molecule has 4 rings (SSSR count). The van der Waals surface area contributed by atoms with E-state index in [1.807, 2.05) is 113 Å². The minimum atomic E-state index is -0.437. The highest BCUT2D eigenvalue weighted by Crippen LogP contribution is 2.42. The summed E-state index contributed by atoms with van der Waals surface area (Å²) in [6.07, 6.45) is 0. The average molecular weight is 511 g/mol. The van der Waals surface area contributed by atoms with Crippen LogP contribution in [0, 0.1) is 19.8 Å². The van der Waals surface area contributed by atoms with Crippen molar-refractivity contribution >= 4 is 23.3 Å². The molecule has 0 aliphatic rings. The topological polar surface area (TPSA) is 76.5 Å². The van der Waals surface area contributed by atoms with Gasteiger partial charge >= 0.3 is 5.97 Å². The maximum Gasteiger partial charge on any atom is 0.309 e. The molecule has 0 fully saturated rings. The van der Waals surface area contributed by atoms with Crippen LogP contribution in [0.4, 0.5) is 11.4 Å². The first-order chi connectivity index (χ1) is 18.1. The van der Waals surface area contributed by atoms with Crippen LogP contribution < -0.4 is 15.0 Å². The van der Waals surface area contributed by atoms with E-state index in [-0.39, 0.29) is 11.8 Å². The van der Waals surface area contributed by atoms with Gasteiger partial charge in [-0.1, -0.05) is 50.2 Å². The number of aryl methyl sites for hydroxylation is 1. The molecule has 1 N–H and O–H groups in total. The minimum Gasteiger partial charge on any atom is -0.407 e. The number of carbonyl (C=O) groups is 2. The molecule has 0 saturated carbocycles.